The Balaban J connectivity index is 2.15. The van der Waals surface area contributed by atoms with Gasteiger partial charge in [-0.3, -0.25) is 0 Å². The van der Waals surface area contributed by atoms with Gasteiger partial charge in [0.15, 0.2) is 0 Å². The summed E-state index contributed by atoms with van der Waals surface area (Å²) in [6, 6.07) is 2.02. The lowest BCUT2D eigenvalue weighted by Gasteiger charge is -2.24. The molecule has 3 heteroatoms. The van der Waals surface area contributed by atoms with E-state index in [9.17, 15) is 0 Å². The average molecular weight is 258 g/mol. The van der Waals surface area contributed by atoms with Crippen molar-refractivity contribution in [2.45, 2.75) is 71.0 Å². The van der Waals surface area contributed by atoms with E-state index >= 15 is 0 Å². The zero-order valence-electron chi connectivity index (χ0n) is 11.8. The van der Waals surface area contributed by atoms with Crippen LogP contribution in [0.4, 0.5) is 0 Å². The standard InChI is InChI=1S/C14H30N2S/c1-4-17-11-13(3)16-12(2)10-14-8-6-5-7-9-15-14/h12-16H,4-11H2,1-3H3. The summed E-state index contributed by atoms with van der Waals surface area (Å²) in [4.78, 5) is 0. The van der Waals surface area contributed by atoms with E-state index in [-0.39, 0.29) is 0 Å². The van der Waals surface area contributed by atoms with E-state index in [1.54, 1.807) is 0 Å². The quantitative estimate of drug-likeness (QED) is 0.734. The molecule has 2 nitrogen and oxygen atoms in total. The van der Waals surface area contributed by atoms with Crippen LogP contribution >= 0.6 is 11.8 Å². The van der Waals surface area contributed by atoms with E-state index in [1.807, 2.05) is 11.8 Å². The second kappa shape index (κ2) is 9.23. The Morgan fingerprint density at radius 2 is 2.06 bits per heavy atom. The summed E-state index contributed by atoms with van der Waals surface area (Å²) < 4.78 is 0. The molecule has 3 unspecified atom stereocenters. The van der Waals surface area contributed by atoms with Crippen LogP contribution in [0.25, 0.3) is 0 Å². The van der Waals surface area contributed by atoms with Gasteiger partial charge in [0.2, 0.25) is 0 Å². The van der Waals surface area contributed by atoms with E-state index < -0.39 is 0 Å². The van der Waals surface area contributed by atoms with Crippen LogP contribution < -0.4 is 10.6 Å². The molecule has 102 valence electrons. The fourth-order valence-electron chi connectivity index (χ4n) is 2.63. The average Bonchev–Trinajstić information content (AvgIpc) is 2.54. The number of nitrogens with one attached hydrogen (secondary N) is 2. The molecule has 0 amide bonds. The predicted octanol–water partition coefficient (Wildman–Crippen LogP) is 3.03. The molecule has 0 aromatic carbocycles. The highest BCUT2D eigenvalue weighted by Crippen LogP contribution is 2.13. The minimum absolute atomic E-state index is 0.637. The van der Waals surface area contributed by atoms with E-state index in [0.717, 1.165) is 6.04 Å². The van der Waals surface area contributed by atoms with Gasteiger partial charge >= 0.3 is 0 Å². The first-order valence-electron chi connectivity index (χ1n) is 7.29. The SMILES string of the molecule is CCSCC(C)NC(C)CC1CCCCCN1. The predicted molar refractivity (Wildman–Crippen MR) is 79.9 cm³/mol. The largest absolute Gasteiger partial charge is 0.314 e. The topological polar surface area (TPSA) is 24.1 Å². The van der Waals surface area contributed by atoms with Gasteiger partial charge in [-0.05, 0) is 45.4 Å². The van der Waals surface area contributed by atoms with Gasteiger partial charge in [-0.2, -0.15) is 11.8 Å². The van der Waals surface area contributed by atoms with Crippen LogP contribution in [-0.2, 0) is 0 Å². The fraction of sp³-hybridized carbons (Fsp3) is 1.00. The Hall–Kier alpha value is 0.270. The summed E-state index contributed by atoms with van der Waals surface area (Å²) in [6.07, 6.45) is 6.83. The monoisotopic (exact) mass is 258 g/mol. The van der Waals surface area contributed by atoms with Crippen LogP contribution in [0.5, 0.6) is 0 Å². The summed E-state index contributed by atoms with van der Waals surface area (Å²) in [7, 11) is 0. The summed E-state index contributed by atoms with van der Waals surface area (Å²) in [6.45, 7) is 8.09. The van der Waals surface area contributed by atoms with E-state index in [4.69, 9.17) is 0 Å². The Labute approximate surface area is 112 Å². The van der Waals surface area contributed by atoms with E-state index in [0.29, 0.717) is 12.1 Å². The molecule has 3 atom stereocenters. The van der Waals surface area contributed by atoms with Gasteiger partial charge in [0.1, 0.15) is 0 Å². The molecule has 0 bridgehead atoms. The Bertz CT molecular complexity index is 179. The third kappa shape index (κ3) is 7.32. The third-order valence-corrected chi connectivity index (χ3v) is 4.59. The maximum absolute atomic E-state index is 3.72. The van der Waals surface area contributed by atoms with E-state index in [2.05, 4.69) is 31.4 Å². The highest BCUT2D eigenvalue weighted by Gasteiger charge is 2.15. The maximum Gasteiger partial charge on any atom is 0.0132 e. The summed E-state index contributed by atoms with van der Waals surface area (Å²) in [5.41, 5.74) is 0. The first-order chi connectivity index (χ1) is 8.22. The first-order valence-corrected chi connectivity index (χ1v) is 8.45. The van der Waals surface area contributed by atoms with Gasteiger partial charge in [-0.25, -0.2) is 0 Å². The summed E-state index contributed by atoms with van der Waals surface area (Å²) in [5, 5.41) is 7.41. The molecule has 1 aliphatic rings. The van der Waals surface area contributed by atoms with Crippen molar-refractivity contribution >= 4 is 11.8 Å². The zero-order valence-corrected chi connectivity index (χ0v) is 12.6. The van der Waals surface area contributed by atoms with E-state index in [1.165, 1.54) is 50.2 Å². The van der Waals surface area contributed by atoms with Gasteiger partial charge in [0, 0.05) is 23.9 Å². The fourth-order valence-corrected chi connectivity index (χ4v) is 3.31. The van der Waals surface area contributed by atoms with Crippen LogP contribution in [0.15, 0.2) is 0 Å². The number of thioether (sulfide) groups is 1. The van der Waals surface area contributed by atoms with Crippen LogP contribution in [-0.4, -0.2) is 36.2 Å². The minimum atomic E-state index is 0.637. The molecule has 1 aliphatic heterocycles. The minimum Gasteiger partial charge on any atom is -0.314 e. The maximum atomic E-state index is 3.72. The van der Waals surface area contributed by atoms with Crippen LogP contribution in [0, 0.1) is 0 Å². The summed E-state index contributed by atoms with van der Waals surface area (Å²) >= 11 is 2.03. The first kappa shape index (κ1) is 15.3. The van der Waals surface area contributed by atoms with Gasteiger partial charge in [0.25, 0.3) is 0 Å². The lowest BCUT2D eigenvalue weighted by molar-refractivity contribution is 0.386. The van der Waals surface area contributed by atoms with Gasteiger partial charge in [-0.1, -0.05) is 19.8 Å². The molecule has 1 saturated heterocycles. The van der Waals surface area contributed by atoms with Crippen molar-refractivity contribution in [2.75, 3.05) is 18.1 Å². The van der Waals surface area contributed by atoms with Crippen molar-refractivity contribution in [3.8, 4) is 0 Å². The highest BCUT2D eigenvalue weighted by atomic mass is 32.2. The van der Waals surface area contributed by atoms with Gasteiger partial charge < -0.3 is 10.6 Å². The normalized spacial score (nSPS) is 25.2. The van der Waals surface area contributed by atoms with Crippen molar-refractivity contribution in [1.82, 2.24) is 10.6 Å². The molecule has 2 N–H and O–H groups in total. The van der Waals surface area contributed by atoms with Gasteiger partial charge in [0.05, 0.1) is 0 Å². The molecule has 1 fully saturated rings. The van der Waals surface area contributed by atoms with Gasteiger partial charge in [-0.15, -0.1) is 0 Å². The Morgan fingerprint density at radius 1 is 1.24 bits per heavy atom. The van der Waals surface area contributed by atoms with Crippen molar-refractivity contribution in [2.24, 2.45) is 0 Å². The van der Waals surface area contributed by atoms with Crippen molar-refractivity contribution in [1.29, 1.82) is 0 Å². The lowest BCUT2D eigenvalue weighted by Crippen LogP contribution is -2.41. The smallest absolute Gasteiger partial charge is 0.0132 e. The number of hydrogen-bond donors (Lipinski definition) is 2. The highest BCUT2D eigenvalue weighted by molar-refractivity contribution is 7.99. The zero-order chi connectivity index (χ0) is 12.5. The molecule has 0 aromatic heterocycles. The second-order valence-electron chi connectivity index (χ2n) is 5.36. The Morgan fingerprint density at radius 3 is 2.82 bits per heavy atom. The molecule has 0 aromatic rings. The van der Waals surface area contributed by atoms with Crippen molar-refractivity contribution in [3.05, 3.63) is 0 Å². The molecule has 0 saturated carbocycles. The third-order valence-electron chi connectivity index (χ3n) is 3.44. The molecular formula is C14H30N2S. The van der Waals surface area contributed by atoms with Crippen LogP contribution in [0.3, 0.4) is 0 Å². The molecular weight excluding hydrogens is 228 g/mol. The van der Waals surface area contributed by atoms with Crippen molar-refractivity contribution < 1.29 is 0 Å². The second-order valence-corrected chi connectivity index (χ2v) is 6.68. The number of hydrogen-bond acceptors (Lipinski definition) is 3. The molecule has 1 heterocycles. The summed E-state index contributed by atoms with van der Waals surface area (Å²) in [5.74, 6) is 2.46. The Kier molecular flexibility index (Phi) is 8.33. The molecule has 0 radical (unpaired) electrons. The van der Waals surface area contributed by atoms with Crippen LogP contribution in [0.2, 0.25) is 0 Å². The number of rotatable bonds is 7. The lowest BCUT2D eigenvalue weighted by atomic mass is 10.0. The molecule has 0 spiro atoms. The molecule has 1 rings (SSSR count). The molecule has 0 aliphatic carbocycles. The molecule has 17 heavy (non-hydrogen) atoms. The van der Waals surface area contributed by atoms with Crippen molar-refractivity contribution in [3.63, 3.8) is 0 Å². The van der Waals surface area contributed by atoms with Crippen LogP contribution in [0.1, 0.15) is 52.9 Å².